The lowest BCUT2D eigenvalue weighted by atomic mass is 10.1. The van der Waals surface area contributed by atoms with Gasteiger partial charge in [-0.15, -0.1) is 11.3 Å². The zero-order valence-corrected chi connectivity index (χ0v) is 18.1. The predicted octanol–water partition coefficient (Wildman–Crippen LogP) is 2.25. The number of nitrogens with zero attached hydrogens (tertiary/aromatic N) is 1. The normalized spacial score (nSPS) is 13.3. The minimum absolute atomic E-state index is 0.0392. The molecule has 2 heterocycles. The van der Waals surface area contributed by atoms with Crippen LogP contribution in [-0.4, -0.2) is 36.7 Å². The van der Waals surface area contributed by atoms with E-state index < -0.39 is 5.97 Å². The number of thiophene rings is 1. The zero-order valence-electron chi connectivity index (χ0n) is 17.3. The molecule has 0 aliphatic heterocycles. The van der Waals surface area contributed by atoms with Crippen LogP contribution in [0, 0.1) is 6.92 Å². The van der Waals surface area contributed by atoms with Crippen LogP contribution in [0.4, 0.5) is 0 Å². The van der Waals surface area contributed by atoms with E-state index in [4.69, 9.17) is 9.47 Å². The van der Waals surface area contributed by atoms with Gasteiger partial charge in [0.05, 0.1) is 26.2 Å². The van der Waals surface area contributed by atoms with Crippen LogP contribution in [-0.2, 0) is 11.3 Å². The number of esters is 1. The van der Waals surface area contributed by atoms with Crippen molar-refractivity contribution in [1.82, 2.24) is 9.97 Å². The lowest BCUT2D eigenvalue weighted by Crippen LogP contribution is -3.07. The first kappa shape index (κ1) is 21.0. The number of benzene rings is 1. The summed E-state index contributed by atoms with van der Waals surface area (Å²) >= 11 is 1.21. The van der Waals surface area contributed by atoms with Crippen LogP contribution in [0.3, 0.4) is 0 Å². The fourth-order valence-corrected chi connectivity index (χ4v) is 4.29. The highest BCUT2D eigenvalue weighted by Gasteiger charge is 2.24. The lowest BCUT2D eigenvalue weighted by Gasteiger charge is -2.21. The number of aryl methyl sites for hydroxylation is 1. The van der Waals surface area contributed by atoms with Crippen molar-refractivity contribution >= 4 is 27.5 Å². The number of quaternary nitrogens is 1. The van der Waals surface area contributed by atoms with E-state index in [9.17, 15) is 9.59 Å². The molecule has 29 heavy (non-hydrogen) atoms. The van der Waals surface area contributed by atoms with Gasteiger partial charge in [0.25, 0.3) is 5.56 Å². The van der Waals surface area contributed by atoms with Crippen LogP contribution in [0.5, 0.6) is 5.75 Å². The molecule has 7 nitrogen and oxygen atoms in total. The molecule has 154 valence electrons. The number of rotatable bonds is 7. The number of ether oxygens (including phenoxy) is 2. The molecule has 0 amide bonds. The van der Waals surface area contributed by atoms with Crippen LogP contribution in [0.25, 0.3) is 10.2 Å². The van der Waals surface area contributed by atoms with Gasteiger partial charge in [0.2, 0.25) is 0 Å². The van der Waals surface area contributed by atoms with Crippen LogP contribution in [0.1, 0.15) is 46.5 Å². The second kappa shape index (κ2) is 8.75. The highest BCUT2D eigenvalue weighted by Crippen LogP contribution is 2.28. The lowest BCUT2D eigenvalue weighted by molar-refractivity contribution is -0.924. The molecule has 0 bridgehead atoms. The number of hydrogen-bond donors (Lipinski definition) is 2. The van der Waals surface area contributed by atoms with E-state index in [1.54, 1.807) is 21.0 Å². The summed E-state index contributed by atoms with van der Waals surface area (Å²) in [4.78, 5) is 34.6. The van der Waals surface area contributed by atoms with Crippen molar-refractivity contribution in [3.8, 4) is 5.75 Å². The molecule has 0 fully saturated rings. The Labute approximate surface area is 173 Å². The Balaban J connectivity index is 1.88. The van der Waals surface area contributed by atoms with E-state index in [2.05, 4.69) is 17.0 Å². The molecule has 0 spiro atoms. The average molecular weight is 417 g/mol. The second-order valence-corrected chi connectivity index (χ2v) is 8.00. The molecule has 2 aromatic heterocycles. The third-order valence-electron chi connectivity index (χ3n) is 5.07. The molecule has 0 aliphatic carbocycles. The highest BCUT2D eigenvalue weighted by atomic mass is 32.1. The predicted molar refractivity (Wildman–Crippen MR) is 113 cm³/mol. The summed E-state index contributed by atoms with van der Waals surface area (Å²) < 4.78 is 10.3. The third-order valence-corrected chi connectivity index (χ3v) is 6.24. The minimum Gasteiger partial charge on any atom is -0.497 e. The summed E-state index contributed by atoms with van der Waals surface area (Å²) in [7, 11) is 3.70. The highest BCUT2D eigenvalue weighted by molar-refractivity contribution is 7.20. The number of carbonyl (C=O) groups excluding carboxylic acids is 1. The monoisotopic (exact) mass is 416 g/mol. The second-order valence-electron chi connectivity index (χ2n) is 7.00. The molecule has 0 saturated heterocycles. The molecule has 0 aliphatic rings. The zero-order chi connectivity index (χ0) is 21.1. The van der Waals surface area contributed by atoms with Gasteiger partial charge in [-0.1, -0.05) is 0 Å². The smallest absolute Gasteiger partial charge is 0.348 e. The summed E-state index contributed by atoms with van der Waals surface area (Å²) in [6.07, 6.45) is 0. The topological polar surface area (TPSA) is 85.7 Å². The molecule has 0 radical (unpaired) electrons. The molecular formula is C21H26N3O4S+. The Hall–Kier alpha value is -2.71. The summed E-state index contributed by atoms with van der Waals surface area (Å²) in [6.45, 7) is 6.59. The number of fused-ring (bicyclic) bond motifs is 1. The van der Waals surface area contributed by atoms with Crippen LogP contribution < -0.4 is 15.2 Å². The molecule has 2 atom stereocenters. The van der Waals surface area contributed by atoms with E-state index >= 15 is 0 Å². The van der Waals surface area contributed by atoms with Crippen molar-refractivity contribution in [2.45, 2.75) is 33.4 Å². The van der Waals surface area contributed by atoms with Crippen molar-refractivity contribution in [2.24, 2.45) is 0 Å². The average Bonchev–Trinajstić information content (AvgIpc) is 3.05. The molecule has 3 rings (SSSR count). The molecule has 1 unspecified atom stereocenters. The number of hydrogen-bond acceptors (Lipinski definition) is 6. The van der Waals surface area contributed by atoms with Gasteiger partial charge in [0, 0.05) is 5.56 Å². The van der Waals surface area contributed by atoms with Crippen LogP contribution in [0.2, 0.25) is 0 Å². The van der Waals surface area contributed by atoms with Gasteiger partial charge in [-0.25, -0.2) is 9.78 Å². The van der Waals surface area contributed by atoms with Gasteiger partial charge >= 0.3 is 5.97 Å². The maximum absolute atomic E-state index is 12.7. The van der Waals surface area contributed by atoms with Crippen molar-refractivity contribution in [1.29, 1.82) is 0 Å². The van der Waals surface area contributed by atoms with Gasteiger partial charge in [-0.05, 0) is 50.6 Å². The SMILES string of the molecule is CCOC(=O)c1sc2nc([C@@H](C)[NH+](C)Cc3ccc(OC)cc3)[nH]c(=O)c2c1C. The Morgan fingerprint density at radius 1 is 1.31 bits per heavy atom. The number of methoxy groups -OCH3 is 1. The maximum Gasteiger partial charge on any atom is 0.348 e. The van der Waals surface area contributed by atoms with Crippen LogP contribution in [0.15, 0.2) is 29.1 Å². The Morgan fingerprint density at radius 3 is 2.62 bits per heavy atom. The summed E-state index contributed by atoms with van der Waals surface area (Å²) in [5, 5.41) is 0.460. The van der Waals surface area contributed by atoms with Gasteiger partial charge in [-0.2, -0.15) is 0 Å². The van der Waals surface area contributed by atoms with Gasteiger partial charge < -0.3 is 19.4 Å². The molecule has 0 saturated carbocycles. The van der Waals surface area contributed by atoms with Crippen molar-refractivity contribution < 1.29 is 19.2 Å². The van der Waals surface area contributed by atoms with Crippen molar-refractivity contribution in [2.75, 3.05) is 20.8 Å². The van der Waals surface area contributed by atoms with E-state index in [0.29, 0.717) is 26.5 Å². The number of aromatic nitrogens is 2. The maximum atomic E-state index is 12.7. The van der Waals surface area contributed by atoms with E-state index in [-0.39, 0.29) is 18.2 Å². The third kappa shape index (κ3) is 4.33. The summed E-state index contributed by atoms with van der Waals surface area (Å²) in [5.74, 6) is 1.01. The summed E-state index contributed by atoms with van der Waals surface area (Å²) in [5.41, 5.74) is 1.56. The molecule has 8 heteroatoms. The molecule has 1 aromatic carbocycles. The van der Waals surface area contributed by atoms with E-state index in [1.807, 2.05) is 31.2 Å². The van der Waals surface area contributed by atoms with Crippen LogP contribution >= 0.6 is 11.3 Å². The number of aromatic amines is 1. The van der Waals surface area contributed by atoms with Crippen molar-refractivity contribution in [3.05, 3.63) is 56.4 Å². The first-order valence-corrected chi connectivity index (χ1v) is 10.3. The van der Waals surface area contributed by atoms with E-state index in [0.717, 1.165) is 17.9 Å². The Morgan fingerprint density at radius 2 is 2.00 bits per heavy atom. The quantitative estimate of drug-likeness (QED) is 0.577. The van der Waals surface area contributed by atoms with Gasteiger partial charge in [0.1, 0.15) is 28.0 Å². The fraction of sp³-hybridized carbons (Fsp3) is 0.381. The number of H-pyrrole nitrogens is 1. The Kier molecular flexibility index (Phi) is 6.34. The van der Waals surface area contributed by atoms with Gasteiger partial charge in [0.15, 0.2) is 5.82 Å². The first-order chi connectivity index (χ1) is 13.8. The van der Waals surface area contributed by atoms with Gasteiger partial charge in [-0.3, -0.25) is 4.79 Å². The molecular weight excluding hydrogens is 390 g/mol. The molecule has 3 aromatic rings. The number of nitrogens with one attached hydrogen (secondary N) is 2. The molecule has 2 N–H and O–H groups in total. The summed E-state index contributed by atoms with van der Waals surface area (Å²) in [6, 6.07) is 7.89. The fourth-order valence-electron chi connectivity index (χ4n) is 3.21. The number of carbonyl (C=O) groups is 1. The van der Waals surface area contributed by atoms with E-state index in [1.165, 1.54) is 16.2 Å². The first-order valence-electron chi connectivity index (χ1n) is 9.51. The Bertz CT molecular complexity index is 1070. The van der Waals surface area contributed by atoms with Crippen molar-refractivity contribution in [3.63, 3.8) is 0 Å². The standard InChI is InChI=1S/C21H25N3O4S/c1-6-28-21(26)17-12(2)16-19(25)22-18(23-20(16)29-17)13(3)24(4)11-14-7-9-15(27-5)10-8-14/h7-10,13H,6,11H2,1-5H3,(H,22,23,25)/p+1/t13-/m1/s1. The minimum atomic E-state index is -0.413. The largest absolute Gasteiger partial charge is 0.497 e.